The number of thioether (sulfide) groups is 1. The van der Waals surface area contributed by atoms with E-state index in [1.54, 1.807) is 18.9 Å². The fourth-order valence-electron chi connectivity index (χ4n) is 3.38. The standard InChI is InChI=1S/C21H26N4O3S/c1-13-14(2)25(12-18-6-5-11-27-18)21(22-13)29-15(3)19-23-24-20(28-19)16-7-9-17(26-4)10-8-16/h7-10,15,18H,5-6,11-12H2,1-4H3. The lowest BCUT2D eigenvalue weighted by atomic mass is 10.2. The van der Waals surface area contributed by atoms with Crippen molar-refractivity contribution in [3.05, 3.63) is 41.5 Å². The molecule has 2 aromatic heterocycles. The number of aromatic nitrogens is 4. The Labute approximate surface area is 174 Å². The summed E-state index contributed by atoms with van der Waals surface area (Å²) in [5, 5.41) is 9.43. The van der Waals surface area contributed by atoms with Crippen LogP contribution in [0.1, 0.15) is 42.3 Å². The maximum atomic E-state index is 5.94. The van der Waals surface area contributed by atoms with Gasteiger partial charge in [-0.3, -0.25) is 0 Å². The molecular formula is C21H26N4O3S. The number of nitrogens with zero attached hydrogens (tertiary/aromatic N) is 4. The lowest BCUT2D eigenvalue weighted by Crippen LogP contribution is -2.16. The fourth-order valence-corrected chi connectivity index (χ4v) is 4.42. The largest absolute Gasteiger partial charge is 0.497 e. The zero-order chi connectivity index (χ0) is 20.4. The first-order valence-electron chi connectivity index (χ1n) is 9.85. The molecule has 1 saturated heterocycles. The van der Waals surface area contributed by atoms with Gasteiger partial charge in [0.05, 0.1) is 30.7 Å². The summed E-state index contributed by atoms with van der Waals surface area (Å²) in [7, 11) is 1.64. The maximum absolute atomic E-state index is 5.94. The molecule has 0 aliphatic carbocycles. The minimum absolute atomic E-state index is 0.0149. The molecule has 8 heteroatoms. The van der Waals surface area contributed by atoms with Crippen LogP contribution in [-0.4, -0.2) is 39.6 Å². The maximum Gasteiger partial charge on any atom is 0.247 e. The lowest BCUT2D eigenvalue weighted by molar-refractivity contribution is 0.0944. The molecule has 1 aliphatic heterocycles. The summed E-state index contributed by atoms with van der Waals surface area (Å²) in [5.41, 5.74) is 3.09. The van der Waals surface area contributed by atoms with Gasteiger partial charge < -0.3 is 18.5 Å². The van der Waals surface area contributed by atoms with E-state index in [1.807, 2.05) is 31.2 Å². The molecule has 154 valence electrons. The van der Waals surface area contributed by atoms with Crippen molar-refractivity contribution in [2.45, 2.75) is 56.7 Å². The Bertz CT molecular complexity index is 961. The minimum Gasteiger partial charge on any atom is -0.497 e. The summed E-state index contributed by atoms with van der Waals surface area (Å²) < 4.78 is 19.2. The van der Waals surface area contributed by atoms with E-state index in [0.29, 0.717) is 11.8 Å². The molecule has 3 aromatic rings. The summed E-state index contributed by atoms with van der Waals surface area (Å²) in [4.78, 5) is 4.77. The molecule has 3 heterocycles. The average molecular weight is 415 g/mol. The van der Waals surface area contributed by atoms with E-state index in [1.165, 1.54) is 5.69 Å². The first-order valence-corrected chi connectivity index (χ1v) is 10.7. The van der Waals surface area contributed by atoms with Gasteiger partial charge in [0.15, 0.2) is 5.16 Å². The number of rotatable bonds is 7. The number of imidazole rings is 1. The zero-order valence-electron chi connectivity index (χ0n) is 17.2. The molecule has 2 atom stereocenters. The Morgan fingerprint density at radius 2 is 2.03 bits per heavy atom. The second kappa shape index (κ2) is 8.59. The van der Waals surface area contributed by atoms with Gasteiger partial charge in [-0.25, -0.2) is 4.98 Å². The molecule has 1 fully saturated rings. The molecule has 0 spiro atoms. The first-order chi connectivity index (χ1) is 14.0. The van der Waals surface area contributed by atoms with Crippen LogP contribution in [0.15, 0.2) is 33.8 Å². The van der Waals surface area contributed by atoms with Gasteiger partial charge in [0.1, 0.15) is 5.75 Å². The number of benzene rings is 1. The summed E-state index contributed by atoms with van der Waals surface area (Å²) in [6.45, 7) is 7.91. The van der Waals surface area contributed by atoms with Crippen LogP contribution in [0, 0.1) is 13.8 Å². The Balaban J connectivity index is 1.50. The van der Waals surface area contributed by atoms with Crippen LogP contribution in [0.5, 0.6) is 5.75 Å². The quantitative estimate of drug-likeness (QED) is 0.523. The van der Waals surface area contributed by atoms with Crippen molar-refractivity contribution in [3.8, 4) is 17.2 Å². The highest BCUT2D eigenvalue weighted by Crippen LogP contribution is 2.36. The second-order valence-corrected chi connectivity index (χ2v) is 8.55. The van der Waals surface area contributed by atoms with E-state index in [9.17, 15) is 0 Å². The summed E-state index contributed by atoms with van der Waals surface area (Å²) in [6.07, 6.45) is 2.50. The molecule has 0 radical (unpaired) electrons. The van der Waals surface area contributed by atoms with Crippen molar-refractivity contribution < 1.29 is 13.9 Å². The van der Waals surface area contributed by atoms with Crippen molar-refractivity contribution in [2.24, 2.45) is 0 Å². The average Bonchev–Trinajstić information content (AvgIpc) is 3.47. The summed E-state index contributed by atoms with van der Waals surface area (Å²) in [5.74, 6) is 1.88. The highest BCUT2D eigenvalue weighted by atomic mass is 32.2. The molecule has 29 heavy (non-hydrogen) atoms. The van der Waals surface area contributed by atoms with Crippen LogP contribution in [0.3, 0.4) is 0 Å². The van der Waals surface area contributed by atoms with Crippen molar-refractivity contribution in [2.75, 3.05) is 13.7 Å². The summed E-state index contributed by atoms with van der Waals surface area (Å²) >= 11 is 1.64. The van der Waals surface area contributed by atoms with E-state index in [0.717, 1.165) is 48.2 Å². The molecule has 0 bridgehead atoms. The van der Waals surface area contributed by atoms with Crippen molar-refractivity contribution >= 4 is 11.8 Å². The van der Waals surface area contributed by atoms with Crippen LogP contribution in [0.2, 0.25) is 0 Å². The molecule has 7 nitrogen and oxygen atoms in total. The third kappa shape index (κ3) is 4.33. The molecule has 1 aromatic carbocycles. The molecule has 0 N–H and O–H groups in total. The van der Waals surface area contributed by atoms with Crippen molar-refractivity contribution in [3.63, 3.8) is 0 Å². The normalized spacial score (nSPS) is 17.6. The predicted molar refractivity (Wildman–Crippen MR) is 111 cm³/mol. The van der Waals surface area contributed by atoms with Gasteiger partial charge in [-0.15, -0.1) is 10.2 Å². The van der Waals surface area contributed by atoms with Gasteiger partial charge in [0.25, 0.3) is 0 Å². The van der Waals surface area contributed by atoms with Crippen molar-refractivity contribution in [1.29, 1.82) is 0 Å². The Morgan fingerprint density at radius 3 is 2.72 bits per heavy atom. The second-order valence-electron chi connectivity index (χ2n) is 7.24. The molecule has 0 saturated carbocycles. The smallest absolute Gasteiger partial charge is 0.247 e. The van der Waals surface area contributed by atoms with Crippen LogP contribution < -0.4 is 4.74 Å². The highest BCUT2D eigenvalue weighted by Gasteiger charge is 2.23. The highest BCUT2D eigenvalue weighted by molar-refractivity contribution is 7.99. The van der Waals surface area contributed by atoms with Crippen LogP contribution >= 0.6 is 11.8 Å². The number of methoxy groups -OCH3 is 1. The van der Waals surface area contributed by atoms with E-state index in [4.69, 9.17) is 18.9 Å². The predicted octanol–water partition coefficient (Wildman–Crippen LogP) is 4.59. The number of hydrogen-bond acceptors (Lipinski definition) is 7. The Hall–Kier alpha value is -2.32. The first kappa shape index (κ1) is 20.0. The number of ether oxygens (including phenoxy) is 2. The Kier molecular flexibility index (Phi) is 5.91. The SMILES string of the molecule is COc1ccc(-c2nnc(C(C)Sc3nc(C)c(C)n3CC3CCCO3)o2)cc1. The van der Waals surface area contributed by atoms with E-state index in [-0.39, 0.29) is 11.4 Å². The Morgan fingerprint density at radius 1 is 1.24 bits per heavy atom. The topological polar surface area (TPSA) is 75.2 Å². The van der Waals surface area contributed by atoms with Gasteiger partial charge >= 0.3 is 0 Å². The zero-order valence-corrected chi connectivity index (χ0v) is 18.0. The van der Waals surface area contributed by atoms with Gasteiger partial charge in [-0.1, -0.05) is 11.8 Å². The summed E-state index contributed by atoms with van der Waals surface area (Å²) in [6, 6.07) is 7.58. The van der Waals surface area contributed by atoms with E-state index < -0.39 is 0 Å². The minimum atomic E-state index is -0.0149. The van der Waals surface area contributed by atoms with Gasteiger partial charge in [0.2, 0.25) is 11.8 Å². The third-order valence-corrected chi connectivity index (χ3v) is 6.32. The van der Waals surface area contributed by atoms with Gasteiger partial charge in [-0.05, 0) is 57.9 Å². The number of aryl methyl sites for hydroxylation is 1. The van der Waals surface area contributed by atoms with Gasteiger partial charge in [-0.2, -0.15) is 0 Å². The van der Waals surface area contributed by atoms with Crippen LogP contribution in [-0.2, 0) is 11.3 Å². The molecule has 2 unspecified atom stereocenters. The number of hydrogen-bond donors (Lipinski definition) is 0. The third-order valence-electron chi connectivity index (χ3n) is 5.24. The molecular weight excluding hydrogens is 388 g/mol. The van der Waals surface area contributed by atoms with Gasteiger partial charge in [0, 0.05) is 17.9 Å². The monoisotopic (exact) mass is 414 g/mol. The van der Waals surface area contributed by atoms with Crippen LogP contribution in [0.25, 0.3) is 11.5 Å². The molecule has 1 aliphatic rings. The van der Waals surface area contributed by atoms with E-state index >= 15 is 0 Å². The lowest BCUT2D eigenvalue weighted by Gasteiger charge is -2.15. The fraction of sp³-hybridized carbons (Fsp3) is 0.476. The molecule has 4 rings (SSSR count). The van der Waals surface area contributed by atoms with Crippen molar-refractivity contribution in [1.82, 2.24) is 19.7 Å². The van der Waals surface area contributed by atoms with E-state index in [2.05, 4.69) is 28.6 Å². The molecule has 0 amide bonds. The van der Waals surface area contributed by atoms with Crippen LogP contribution in [0.4, 0.5) is 0 Å².